The number of aryl methyl sites for hydroxylation is 1. The molecule has 8 heteroatoms. The number of ether oxygens (including phenoxy) is 2. The molecule has 0 unspecified atom stereocenters. The van der Waals surface area contributed by atoms with Crippen LogP contribution in [0.1, 0.15) is 18.1 Å². The molecule has 1 N–H and O–H groups in total. The predicted molar refractivity (Wildman–Crippen MR) is 123 cm³/mol. The van der Waals surface area contributed by atoms with E-state index in [-0.39, 0.29) is 12.5 Å². The summed E-state index contributed by atoms with van der Waals surface area (Å²) in [7, 11) is 1.66. The molecule has 1 amide bonds. The smallest absolute Gasteiger partial charge is 0.262 e. The van der Waals surface area contributed by atoms with Crippen LogP contribution in [0.3, 0.4) is 0 Å². The number of hydrogen-bond donors (Lipinski definition) is 1. The van der Waals surface area contributed by atoms with Gasteiger partial charge in [0.25, 0.3) is 5.91 Å². The zero-order valence-electron chi connectivity index (χ0n) is 17.5. The van der Waals surface area contributed by atoms with E-state index in [4.69, 9.17) is 14.6 Å². The van der Waals surface area contributed by atoms with Gasteiger partial charge < -0.3 is 14.8 Å². The minimum Gasteiger partial charge on any atom is -0.482 e. The molecule has 0 saturated heterocycles. The van der Waals surface area contributed by atoms with Gasteiger partial charge in [-0.15, -0.1) is 11.3 Å². The van der Waals surface area contributed by atoms with Gasteiger partial charge >= 0.3 is 0 Å². The first kappa shape index (κ1) is 21.0. The van der Waals surface area contributed by atoms with Crippen molar-refractivity contribution in [3.63, 3.8) is 0 Å². The van der Waals surface area contributed by atoms with Crippen LogP contribution in [0.25, 0.3) is 11.3 Å². The molecule has 1 aliphatic rings. The standard InChI is InChI=1S/C23H24N4O3S/c1-3-16-4-6-17(7-5-16)13-25-27-20(15-31-23(27)24-10-11-29-2)18-8-9-21-19(12-18)26-22(28)14-30-21/h4-9,12-13,15H,3,10-11,14H2,1-2H3,(H,26,28)/b24-23?,25-13-. The van der Waals surface area contributed by atoms with Gasteiger partial charge in [0.1, 0.15) is 5.75 Å². The molecular weight excluding hydrogens is 412 g/mol. The molecule has 0 bridgehead atoms. The summed E-state index contributed by atoms with van der Waals surface area (Å²) in [5.74, 6) is 0.501. The first-order valence-electron chi connectivity index (χ1n) is 10.1. The Labute approximate surface area is 184 Å². The monoisotopic (exact) mass is 436 g/mol. The highest BCUT2D eigenvalue weighted by atomic mass is 32.1. The number of rotatable bonds is 7. The molecule has 0 aliphatic carbocycles. The number of methoxy groups -OCH3 is 1. The fraction of sp³-hybridized carbons (Fsp3) is 0.261. The van der Waals surface area contributed by atoms with E-state index in [2.05, 4.69) is 41.5 Å². The van der Waals surface area contributed by atoms with E-state index in [0.29, 0.717) is 24.6 Å². The number of nitrogens with zero attached hydrogens (tertiary/aromatic N) is 3. The van der Waals surface area contributed by atoms with Crippen LogP contribution in [0.5, 0.6) is 5.75 Å². The Hall–Kier alpha value is -3.23. The summed E-state index contributed by atoms with van der Waals surface area (Å²) in [5, 5.41) is 9.59. The second kappa shape index (κ2) is 9.72. The topological polar surface area (TPSA) is 77.2 Å². The molecular formula is C23H24N4O3S. The Bertz CT molecular complexity index is 1160. The largest absolute Gasteiger partial charge is 0.482 e. The second-order valence-corrected chi connectivity index (χ2v) is 7.81. The average Bonchev–Trinajstić information content (AvgIpc) is 3.20. The maximum atomic E-state index is 11.7. The molecule has 1 aromatic heterocycles. The summed E-state index contributed by atoms with van der Waals surface area (Å²) < 4.78 is 12.4. The Morgan fingerprint density at radius 2 is 2.10 bits per heavy atom. The highest BCUT2D eigenvalue weighted by molar-refractivity contribution is 7.07. The molecule has 0 fully saturated rings. The first-order valence-corrected chi connectivity index (χ1v) is 11.0. The van der Waals surface area contributed by atoms with Crippen LogP contribution in [0.4, 0.5) is 5.69 Å². The summed E-state index contributed by atoms with van der Waals surface area (Å²) in [6.07, 6.45) is 2.83. The van der Waals surface area contributed by atoms with Crippen molar-refractivity contribution < 1.29 is 14.3 Å². The van der Waals surface area contributed by atoms with Crippen molar-refractivity contribution in [2.75, 3.05) is 32.2 Å². The van der Waals surface area contributed by atoms with E-state index >= 15 is 0 Å². The Balaban J connectivity index is 1.72. The van der Waals surface area contributed by atoms with Gasteiger partial charge in [0.05, 0.1) is 30.7 Å². The van der Waals surface area contributed by atoms with Crippen LogP contribution in [-0.2, 0) is 16.0 Å². The molecule has 3 aromatic rings. The molecule has 0 saturated carbocycles. The van der Waals surface area contributed by atoms with Gasteiger partial charge in [0.2, 0.25) is 4.80 Å². The third-order valence-corrected chi connectivity index (χ3v) is 5.70. The number of hydrogen-bond acceptors (Lipinski definition) is 6. The number of thiazole rings is 1. The fourth-order valence-electron chi connectivity index (χ4n) is 3.16. The van der Waals surface area contributed by atoms with Crippen LogP contribution >= 0.6 is 11.3 Å². The Kier molecular flexibility index (Phi) is 6.59. The summed E-state index contributed by atoms with van der Waals surface area (Å²) >= 11 is 1.51. The molecule has 1 aliphatic heterocycles. The van der Waals surface area contributed by atoms with E-state index in [1.54, 1.807) is 7.11 Å². The van der Waals surface area contributed by atoms with Gasteiger partial charge in [0, 0.05) is 18.1 Å². The van der Waals surface area contributed by atoms with Crippen LogP contribution in [0.2, 0.25) is 0 Å². The van der Waals surface area contributed by atoms with E-state index in [1.807, 2.05) is 34.5 Å². The molecule has 2 heterocycles. The Morgan fingerprint density at radius 1 is 1.26 bits per heavy atom. The van der Waals surface area contributed by atoms with Crippen molar-refractivity contribution in [3.05, 3.63) is 63.8 Å². The van der Waals surface area contributed by atoms with Crippen LogP contribution in [0, 0.1) is 0 Å². The lowest BCUT2D eigenvalue weighted by atomic mass is 10.1. The van der Waals surface area contributed by atoms with Gasteiger partial charge in [-0.25, -0.2) is 4.68 Å². The van der Waals surface area contributed by atoms with Gasteiger partial charge in [-0.1, -0.05) is 31.2 Å². The van der Waals surface area contributed by atoms with Crippen molar-refractivity contribution in [1.29, 1.82) is 0 Å². The number of nitrogens with one attached hydrogen (secondary N) is 1. The van der Waals surface area contributed by atoms with Crippen molar-refractivity contribution in [3.8, 4) is 17.0 Å². The SMILES string of the molecule is CCc1ccc(/C=N\n2c(-c3ccc4c(c3)NC(=O)CO4)csc2=NCCOC)cc1. The number of aromatic nitrogens is 1. The number of amides is 1. The average molecular weight is 437 g/mol. The maximum Gasteiger partial charge on any atom is 0.262 e. The summed E-state index contributed by atoms with van der Waals surface area (Å²) in [6.45, 7) is 3.26. The van der Waals surface area contributed by atoms with E-state index in [1.165, 1.54) is 16.9 Å². The van der Waals surface area contributed by atoms with E-state index < -0.39 is 0 Å². The normalized spacial score (nSPS) is 13.9. The summed E-state index contributed by atoms with van der Waals surface area (Å²) in [6, 6.07) is 14.0. The minimum absolute atomic E-state index is 0.0362. The van der Waals surface area contributed by atoms with Gasteiger partial charge in [-0.05, 0) is 35.7 Å². The van der Waals surface area contributed by atoms with Gasteiger partial charge in [0.15, 0.2) is 6.61 Å². The summed E-state index contributed by atoms with van der Waals surface area (Å²) in [5.41, 5.74) is 4.74. The van der Waals surface area contributed by atoms with Crippen molar-refractivity contribution in [2.45, 2.75) is 13.3 Å². The molecule has 7 nitrogen and oxygen atoms in total. The third kappa shape index (κ3) is 4.92. The second-order valence-electron chi connectivity index (χ2n) is 6.98. The maximum absolute atomic E-state index is 11.7. The minimum atomic E-state index is -0.161. The highest BCUT2D eigenvalue weighted by Gasteiger charge is 2.17. The molecule has 2 aromatic carbocycles. The van der Waals surface area contributed by atoms with Crippen LogP contribution < -0.4 is 14.9 Å². The lowest BCUT2D eigenvalue weighted by molar-refractivity contribution is -0.118. The predicted octanol–water partition coefficient (Wildman–Crippen LogP) is 3.54. The zero-order valence-corrected chi connectivity index (χ0v) is 18.3. The lowest BCUT2D eigenvalue weighted by Gasteiger charge is -2.18. The quantitative estimate of drug-likeness (QED) is 0.455. The fourth-order valence-corrected chi connectivity index (χ4v) is 4.02. The number of carbonyl (C=O) groups excluding carboxylic acids is 1. The number of anilines is 1. The molecule has 31 heavy (non-hydrogen) atoms. The molecule has 4 rings (SSSR count). The first-order chi connectivity index (χ1) is 15.2. The Morgan fingerprint density at radius 3 is 2.87 bits per heavy atom. The zero-order chi connectivity index (χ0) is 21.6. The van der Waals surface area contributed by atoms with Crippen molar-refractivity contribution >= 4 is 29.1 Å². The van der Waals surface area contributed by atoms with Crippen molar-refractivity contribution in [1.82, 2.24) is 4.68 Å². The van der Waals surface area contributed by atoms with Gasteiger partial charge in [-0.2, -0.15) is 5.10 Å². The van der Waals surface area contributed by atoms with Gasteiger partial charge in [-0.3, -0.25) is 9.79 Å². The number of carbonyl (C=O) groups is 1. The van der Waals surface area contributed by atoms with E-state index in [0.717, 1.165) is 28.0 Å². The molecule has 0 atom stereocenters. The number of benzene rings is 2. The van der Waals surface area contributed by atoms with Crippen LogP contribution in [0.15, 0.2) is 57.9 Å². The molecule has 0 radical (unpaired) electrons. The lowest BCUT2D eigenvalue weighted by Crippen LogP contribution is -2.25. The molecule has 160 valence electrons. The van der Waals surface area contributed by atoms with Crippen LogP contribution in [-0.4, -0.2) is 43.7 Å². The van der Waals surface area contributed by atoms with E-state index in [9.17, 15) is 4.79 Å². The molecule has 0 spiro atoms. The highest BCUT2D eigenvalue weighted by Crippen LogP contribution is 2.32. The third-order valence-electron chi connectivity index (χ3n) is 4.85. The van der Waals surface area contributed by atoms with Crippen molar-refractivity contribution in [2.24, 2.45) is 10.1 Å². The number of fused-ring (bicyclic) bond motifs is 1. The summed E-state index contributed by atoms with van der Waals surface area (Å²) in [4.78, 5) is 17.1.